The van der Waals surface area contributed by atoms with E-state index in [-0.39, 0.29) is 0 Å². The first-order valence-corrected chi connectivity index (χ1v) is 7.74. The Hall–Kier alpha value is -0.860. The van der Waals surface area contributed by atoms with Crippen molar-refractivity contribution in [3.63, 3.8) is 0 Å². The van der Waals surface area contributed by atoms with Crippen LogP contribution in [-0.4, -0.2) is 6.04 Å². The predicted octanol–water partition coefficient (Wildman–Crippen LogP) is 3.59. The average molecular weight is 260 g/mol. The van der Waals surface area contributed by atoms with Crippen LogP contribution in [0.3, 0.4) is 0 Å². The monoisotopic (exact) mass is 260 g/mol. The standard InChI is InChI=1S/C17H28N2/c1-3-14-8-10-16(11-9-14)17(19-18)12-15-6-4-13(2)5-7-15/h4-7,14,16-17,19H,3,8-12,18H2,1-2H3. The Kier molecular flexibility index (Phi) is 5.41. The molecule has 106 valence electrons. The Balaban J connectivity index is 1.91. The van der Waals surface area contributed by atoms with E-state index < -0.39 is 0 Å². The van der Waals surface area contributed by atoms with Gasteiger partial charge >= 0.3 is 0 Å². The summed E-state index contributed by atoms with van der Waals surface area (Å²) in [6, 6.07) is 9.28. The van der Waals surface area contributed by atoms with Crippen LogP contribution >= 0.6 is 0 Å². The van der Waals surface area contributed by atoms with E-state index in [2.05, 4.69) is 43.5 Å². The summed E-state index contributed by atoms with van der Waals surface area (Å²) < 4.78 is 0. The van der Waals surface area contributed by atoms with Crippen molar-refractivity contribution in [3.8, 4) is 0 Å². The van der Waals surface area contributed by atoms with Crippen molar-refractivity contribution in [2.24, 2.45) is 17.7 Å². The van der Waals surface area contributed by atoms with Crippen molar-refractivity contribution >= 4 is 0 Å². The Morgan fingerprint density at radius 1 is 1.16 bits per heavy atom. The molecule has 0 spiro atoms. The predicted molar refractivity (Wildman–Crippen MR) is 81.7 cm³/mol. The van der Waals surface area contributed by atoms with E-state index in [4.69, 9.17) is 5.84 Å². The minimum atomic E-state index is 0.431. The molecule has 19 heavy (non-hydrogen) atoms. The van der Waals surface area contributed by atoms with Gasteiger partial charge in [-0.25, -0.2) is 0 Å². The Morgan fingerprint density at radius 3 is 2.32 bits per heavy atom. The van der Waals surface area contributed by atoms with E-state index >= 15 is 0 Å². The Morgan fingerprint density at radius 2 is 1.79 bits per heavy atom. The third kappa shape index (κ3) is 4.05. The van der Waals surface area contributed by atoms with Gasteiger partial charge in [-0.05, 0) is 43.6 Å². The summed E-state index contributed by atoms with van der Waals surface area (Å²) in [6.07, 6.45) is 7.82. The minimum absolute atomic E-state index is 0.431. The van der Waals surface area contributed by atoms with E-state index in [1.807, 2.05) is 0 Å². The average Bonchev–Trinajstić information content (AvgIpc) is 2.47. The van der Waals surface area contributed by atoms with E-state index in [9.17, 15) is 0 Å². The lowest BCUT2D eigenvalue weighted by Crippen LogP contribution is -2.43. The molecular formula is C17H28N2. The highest BCUT2D eigenvalue weighted by atomic mass is 15.2. The number of nitrogens with one attached hydrogen (secondary N) is 1. The summed E-state index contributed by atoms with van der Waals surface area (Å²) in [5.74, 6) is 7.50. The Labute approximate surface area is 117 Å². The normalized spacial score (nSPS) is 25.2. The lowest BCUT2D eigenvalue weighted by molar-refractivity contribution is 0.217. The molecule has 2 nitrogen and oxygen atoms in total. The molecular weight excluding hydrogens is 232 g/mol. The van der Waals surface area contributed by atoms with Crippen LogP contribution in [0.25, 0.3) is 0 Å². The zero-order valence-electron chi connectivity index (χ0n) is 12.4. The molecule has 1 aromatic rings. The molecule has 0 aliphatic heterocycles. The molecule has 1 atom stereocenters. The van der Waals surface area contributed by atoms with Crippen LogP contribution in [0.2, 0.25) is 0 Å². The number of rotatable bonds is 5. The number of hydrogen-bond acceptors (Lipinski definition) is 2. The fourth-order valence-electron chi connectivity index (χ4n) is 3.34. The maximum absolute atomic E-state index is 5.80. The number of hydrazine groups is 1. The van der Waals surface area contributed by atoms with Crippen molar-refractivity contribution in [2.75, 3.05) is 0 Å². The summed E-state index contributed by atoms with van der Waals surface area (Å²) in [5, 5.41) is 0. The third-order valence-corrected chi connectivity index (χ3v) is 4.83. The van der Waals surface area contributed by atoms with E-state index in [1.165, 1.54) is 43.2 Å². The lowest BCUT2D eigenvalue weighted by atomic mass is 9.76. The number of nitrogens with two attached hydrogens (primary N) is 1. The molecule has 1 aromatic carbocycles. The van der Waals surface area contributed by atoms with Crippen molar-refractivity contribution < 1.29 is 0 Å². The fourth-order valence-corrected chi connectivity index (χ4v) is 3.34. The van der Waals surface area contributed by atoms with Crippen LogP contribution in [0.5, 0.6) is 0 Å². The number of aryl methyl sites for hydroxylation is 1. The largest absolute Gasteiger partial charge is 0.271 e. The zero-order chi connectivity index (χ0) is 13.7. The topological polar surface area (TPSA) is 38.0 Å². The van der Waals surface area contributed by atoms with Gasteiger partial charge in [-0.2, -0.15) is 0 Å². The molecule has 0 saturated heterocycles. The highest BCUT2D eigenvalue weighted by molar-refractivity contribution is 5.22. The summed E-state index contributed by atoms with van der Waals surface area (Å²) in [6.45, 7) is 4.45. The third-order valence-electron chi connectivity index (χ3n) is 4.83. The molecule has 3 N–H and O–H groups in total. The van der Waals surface area contributed by atoms with Gasteiger partial charge in [0, 0.05) is 6.04 Å². The molecule has 0 radical (unpaired) electrons. The molecule has 0 amide bonds. The van der Waals surface area contributed by atoms with Gasteiger partial charge in [0.2, 0.25) is 0 Å². The molecule has 2 heteroatoms. The van der Waals surface area contributed by atoms with Crippen LogP contribution in [0, 0.1) is 18.8 Å². The van der Waals surface area contributed by atoms with Crippen LogP contribution in [-0.2, 0) is 6.42 Å². The van der Waals surface area contributed by atoms with Gasteiger partial charge in [0.1, 0.15) is 0 Å². The quantitative estimate of drug-likeness (QED) is 0.627. The molecule has 0 heterocycles. The number of benzene rings is 1. The van der Waals surface area contributed by atoms with E-state index in [0.29, 0.717) is 6.04 Å². The highest BCUT2D eigenvalue weighted by Gasteiger charge is 2.26. The van der Waals surface area contributed by atoms with Gasteiger partial charge in [-0.1, -0.05) is 56.0 Å². The zero-order valence-corrected chi connectivity index (χ0v) is 12.4. The maximum atomic E-state index is 5.80. The molecule has 1 saturated carbocycles. The van der Waals surface area contributed by atoms with E-state index in [1.54, 1.807) is 0 Å². The van der Waals surface area contributed by atoms with Gasteiger partial charge in [-0.15, -0.1) is 0 Å². The second kappa shape index (κ2) is 7.06. The smallest absolute Gasteiger partial charge is 0.0279 e. The first-order valence-electron chi connectivity index (χ1n) is 7.74. The van der Waals surface area contributed by atoms with Crippen molar-refractivity contribution in [2.45, 2.75) is 58.4 Å². The van der Waals surface area contributed by atoms with Crippen molar-refractivity contribution in [1.82, 2.24) is 5.43 Å². The second-order valence-corrected chi connectivity index (χ2v) is 6.15. The molecule has 1 fully saturated rings. The van der Waals surface area contributed by atoms with Crippen LogP contribution in [0.1, 0.15) is 50.2 Å². The summed E-state index contributed by atoms with van der Waals surface area (Å²) in [7, 11) is 0. The van der Waals surface area contributed by atoms with Crippen LogP contribution < -0.4 is 11.3 Å². The number of hydrogen-bond donors (Lipinski definition) is 2. The van der Waals surface area contributed by atoms with Crippen molar-refractivity contribution in [1.29, 1.82) is 0 Å². The molecule has 0 bridgehead atoms. The van der Waals surface area contributed by atoms with Crippen LogP contribution in [0.4, 0.5) is 0 Å². The van der Waals surface area contributed by atoms with Crippen molar-refractivity contribution in [3.05, 3.63) is 35.4 Å². The van der Waals surface area contributed by atoms with Gasteiger partial charge in [0.05, 0.1) is 0 Å². The molecule has 2 rings (SSSR count). The van der Waals surface area contributed by atoms with Gasteiger partial charge in [0.25, 0.3) is 0 Å². The SMILES string of the molecule is CCC1CCC(C(Cc2ccc(C)cc2)NN)CC1. The minimum Gasteiger partial charge on any atom is -0.271 e. The first-order chi connectivity index (χ1) is 9.22. The van der Waals surface area contributed by atoms with Gasteiger partial charge in [0.15, 0.2) is 0 Å². The highest BCUT2D eigenvalue weighted by Crippen LogP contribution is 2.33. The molecule has 0 aromatic heterocycles. The van der Waals surface area contributed by atoms with Crippen LogP contribution in [0.15, 0.2) is 24.3 Å². The second-order valence-electron chi connectivity index (χ2n) is 6.15. The maximum Gasteiger partial charge on any atom is 0.0279 e. The van der Waals surface area contributed by atoms with Gasteiger partial charge < -0.3 is 0 Å². The summed E-state index contributed by atoms with van der Waals surface area (Å²) >= 11 is 0. The molecule has 1 unspecified atom stereocenters. The summed E-state index contributed by atoms with van der Waals surface area (Å²) in [5.41, 5.74) is 5.79. The van der Waals surface area contributed by atoms with Gasteiger partial charge in [-0.3, -0.25) is 11.3 Å². The Bertz CT molecular complexity index is 363. The first kappa shape index (κ1) is 14.5. The molecule has 1 aliphatic rings. The lowest BCUT2D eigenvalue weighted by Gasteiger charge is -2.33. The molecule has 1 aliphatic carbocycles. The fraction of sp³-hybridized carbons (Fsp3) is 0.647. The van der Waals surface area contributed by atoms with E-state index in [0.717, 1.165) is 18.3 Å². The summed E-state index contributed by atoms with van der Waals surface area (Å²) in [4.78, 5) is 0.